The summed E-state index contributed by atoms with van der Waals surface area (Å²) in [5.74, 6) is 0.155. The Labute approximate surface area is 161 Å². The monoisotopic (exact) mass is 412 g/mol. The molecule has 0 amide bonds. The quantitative estimate of drug-likeness (QED) is 0.676. The van der Waals surface area contributed by atoms with Crippen LogP contribution in [0.1, 0.15) is 31.9 Å². The molecule has 5 heteroatoms. The molecule has 0 fully saturated rings. The van der Waals surface area contributed by atoms with E-state index in [1.54, 1.807) is 4.57 Å². The summed E-state index contributed by atoms with van der Waals surface area (Å²) < 4.78 is 2.39. The van der Waals surface area contributed by atoms with Crippen LogP contribution in [0.2, 0.25) is 0 Å². The number of benzene rings is 2. The van der Waals surface area contributed by atoms with Crippen molar-refractivity contribution in [1.82, 2.24) is 9.55 Å². The van der Waals surface area contributed by atoms with Crippen molar-refractivity contribution < 1.29 is 5.11 Å². The molecular formula is C21H21BrN2O2. The maximum atomic E-state index is 12.5. The van der Waals surface area contributed by atoms with Gasteiger partial charge in [0.15, 0.2) is 0 Å². The van der Waals surface area contributed by atoms with Gasteiger partial charge in [-0.3, -0.25) is 9.36 Å². The highest BCUT2D eigenvalue weighted by atomic mass is 79.9. The number of hydrogen-bond donors (Lipinski definition) is 1. The fraction of sp³-hybridized carbons (Fsp3) is 0.238. The number of halogens is 1. The Balaban J connectivity index is 2.06. The molecule has 4 nitrogen and oxygen atoms in total. The zero-order chi connectivity index (χ0) is 18.9. The molecule has 0 atom stereocenters. The predicted octanol–water partition coefficient (Wildman–Crippen LogP) is 4.72. The standard InChI is InChI=1S/C21H21BrN2O2/c1-21(2,3)15-10-8-14(9-11-15)13-24-19(26)12-18(25)23-20(24)16-6-4-5-7-17(16)22/h4-12,25H,13H2,1-3H3. The molecule has 1 heterocycles. The van der Waals surface area contributed by atoms with Gasteiger partial charge in [-0.2, -0.15) is 4.98 Å². The third-order valence-corrected chi connectivity index (χ3v) is 4.96. The van der Waals surface area contributed by atoms with Crippen molar-refractivity contribution in [2.24, 2.45) is 0 Å². The second-order valence-corrected chi connectivity index (χ2v) is 8.14. The van der Waals surface area contributed by atoms with E-state index in [1.807, 2.05) is 36.4 Å². The van der Waals surface area contributed by atoms with Crippen LogP contribution >= 0.6 is 15.9 Å². The molecule has 0 saturated heterocycles. The van der Waals surface area contributed by atoms with E-state index in [1.165, 1.54) is 5.56 Å². The molecule has 3 rings (SSSR count). The van der Waals surface area contributed by atoms with Gasteiger partial charge >= 0.3 is 0 Å². The fourth-order valence-electron chi connectivity index (χ4n) is 2.79. The number of hydrogen-bond acceptors (Lipinski definition) is 3. The first-order valence-corrected chi connectivity index (χ1v) is 9.20. The van der Waals surface area contributed by atoms with Gasteiger partial charge in [0.1, 0.15) is 5.82 Å². The second kappa shape index (κ2) is 7.08. The lowest BCUT2D eigenvalue weighted by Crippen LogP contribution is -2.23. The van der Waals surface area contributed by atoms with Gasteiger partial charge in [0.05, 0.1) is 12.6 Å². The minimum atomic E-state index is -0.289. The summed E-state index contributed by atoms with van der Waals surface area (Å²) in [6.45, 7) is 6.89. The fourth-order valence-corrected chi connectivity index (χ4v) is 3.25. The highest BCUT2D eigenvalue weighted by molar-refractivity contribution is 9.10. The Morgan fingerprint density at radius 1 is 1.08 bits per heavy atom. The van der Waals surface area contributed by atoms with Gasteiger partial charge in [0, 0.05) is 10.0 Å². The normalized spacial score (nSPS) is 11.5. The van der Waals surface area contributed by atoms with Gasteiger partial charge < -0.3 is 5.11 Å². The van der Waals surface area contributed by atoms with Crippen molar-refractivity contribution >= 4 is 15.9 Å². The van der Waals surface area contributed by atoms with Crippen LogP contribution in [0.3, 0.4) is 0 Å². The molecule has 134 valence electrons. The minimum absolute atomic E-state index is 0.0789. The first kappa shape index (κ1) is 18.4. The Kier molecular flexibility index (Phi) is 5.01. The molecule has 0 aliphatic rings. The van der Waals surface area contributed by atoms with E-state index in [4.69, 9.17) is 0 Å². The number of nitrogens with zero attached hydrogens (tertiary/aromatic N) is 2. The van der Waals surface area contributed by atoms with Crippen LogP contribution in [0.15, 0.2) is 63.9 Å². The highest BCUT2D eigenvalue weighted by Crippen LogP contribution is 2.27. The number of aromatic hydroxyl groups is 1. The van der Waals surface area contributed by atoms with Gasteiger partial charge in [-0.05, 0) is 22.6 Å². The van der Waals surface area contributed by atoms with Crippen molar-refractivity contribution in [1.29, 1.82) is 0 Å². The molecule has 0 radical (unpaired) electrons. The molecule has 0 aliphatic heterocycles. The molecule has 0 spiro atoms. The summed E-state index contributed by atoms with van der Waals surface area (Å²) in [5.41, 5.74) is 2.79. The molecule has 0 unspecified atom stereocenters. The van der Waals surface area contributed by atoms with Gasteiger partial charge in [-0.1, -0.05) is 79.2 Å². The van der Waals surface area contributed by atoms with Crippen LogP contribution in [0.4, 0.5) is 0 Å². The molecule has 1 N–H and O–H groups in total. The Morgan fingerprint density at radius 3 is 2.35 bits per heavy atom. The summed E-state index contributed by atoms with van der Waals surface area (Å²) in [6, 6.07) is 16.9. The summed E-state index contributed by atoms with van der Waals surface area (Å²) in [7, 11) is 0. The molecule has 2 aromatic carbocycles. The van der Waals surface area contributed by atoms with Crippen molar-refractivity contribution in [3.8, 4) is 17.3 Å². The molecule has 0 aliphatic carbocycles. The maximum absolute atomic E-state index is 12.5. The van der Waals surface area contributed by atoms with E-state index in [0.29, 0.717) is 12.4 Å². The maximum Gasteiger partial charge on any atom is 0.257 e. The summed E-state index contributed by atoms with van der Waals surface area (Å²) in [4.78, 5) is 16.7. The molecule has 3 aromatic rings. The number of rotatable bonds is 3. The van der Waals surface area contributed by atoms with E-state index in [0.717, 1.165) is 21.7 Å². The smallest absolute Gasteiger partial charge is 0.257 e. The van der Waals surface area contributed by atoms with Crippen molar-refractivity contribution in [2.45, 2.75) is 32.7 Å². The molecule has 26 heavy (non-hydrogen) atoms. The third-order valence-electron chi connectivity index (χ3n) is 4.27. The topological polar surface area (TPSA) is 55.1 Å². The van der Waals surface area contributed by atoms with Gasteiger partial charge in [0.25, 0.3) is 5.56 Å². The Morgan fingerprint density at radius 2 is 1.73 bits per heavy atom. The lowest BCUT2D eigenvalue weighted by Gasteiger charge is -2.19. The molecular weight excluding hydrogens is 392 g/mol. The molecule has 0 bridgehead atoms. The summed E-state index contributed by atoms with van der Waals surface area (Å²) >= 11 is 3.50. The number of aromatic nitrogens is 2. The van der Waals surface area contributed by atoms with Crippen LogP contribution in [0.5, 0.6) is 5.88 Å². The van der Waals surface area contributed by atoms with Crippen molar-refractivity contribution in [3.05, 3.63) is 80.6 Å². The Bertz CT molecular complexity index is 986. The SMILES string of the molecule is CC(C)(C)c1ccc(Cn2c(-c3ccccc3Br)nc(O)cc2=O)cc1. The summed E-state index contributed by atoms with van der Waals surface area (Å²) in [6.07, 6.45) is 0. The lowest BCUT2D eigenvalue weighted by atomic mass is 9.87. The first-order chi connectivity index (χ1) is 12.3. The van der Waals surface area contributed by atoms with Crippen LogP contribution in [-0.2, 0) is 12.0 Å². The van der Waals surface area contributed by atoms with Crippen LogP contribution in [0, 0.1) is 0 Å². The third kappa shape index (κ3) is 3.88. The predicted molar refractivity (Wildman–Crippen MR) is 108 cm³/mol. The largest absolute Gasteiger partial charge is 0.493 e. The van der Waals surface area contributed by atoms with Crippen LogP contribution in [-0.4, -0.2) is 14.7 Å². The van der Waals surface area contributed by atoms with Gasteiger partial charge in [-0.25, -0.2) is 0 Å². The minimum Gasteiger partial charge on any atom is -0.493 e. The van der Waals surface area contributed by atoms with Gasteiger partial charge in [0.2, 0.25) is 5.88 Å². The second-order valence-electron chi connectivity index (χ2n) is 7.29. The average molecular weight is 413 g/mol. The van der Waals surface area contributed by atoms with Gasteiger partial charge in [-0.15, -0.1) is 0 Å². The van der Waals surface area contributed by atoms with Crippen molar-refractivity contribution in [3.63, 3.8) is 0 Å². The molecule has 0 saturated carbocycles. The molecule has 1 aromatic heterocycles. The van der Waals surface area contributed by atoms with Crippen molar-refractivity contribution in [2.75, 3.05) is 0 Å². The van der Waals surface area contributed by atoms with Crippen LogP contribution < -0.4 is 5.56 Å². The zero-order valence-electron chi connectivity index (χ0n) is 15.0. The van der Waals surface area contributed by atoms with E-state index >= 15 is 0 Å². The summed E-state index contributed by atoms with van der Waals surface area (Å²) in [5, 5.41) is 9.82. The highest BCUT2D eigenvalue weighted by Gasteiger charge is 2.15. The Hall–Kier alpha value is -2.40. The average Bonchev–Trinajstić information content (AvgIpc) is 2.57. The van der Waals surface area contributed by atoms with E-state index in [9.17, 15) is 9.90 Å². The zero-order valence-corrected chi connectivity index (χ0v) is 16.6. The lowest BCUT2D eigenvalue weighted by molar-refractivity contribution is 0.448. The van der Waals surface area contributed by atoms with Crippen LogP contribution in [0.25, 0.3) is 11.4 Å². The van der Waals surface area contributed by atoms with E-state index in [-0.39, 0.29) is 16.9 Å². The van der Waals surface area contributed by atoms with E-state index in [2.05, 4.69) is 53.8 Å². The first-order valence-electron chi connectivity index (χ1n) is 8.41. The van der Waals surface area contributed by atoms with E-state index < -0.39 is 0 Å².